The Bertz CT molecular complexity index is 883. The number of benzene rings is 2. The van der Waals surface area contributed by atoms with Crippen molar-refractivity contribution < 1.29 is 18.0 Å². The highest BCUT2D eigenvalue weighted by Crippen LogP contribution is 2.27. The van der Waals surface area contributed by atoms with E-state index in [1.54, 1.807) is 24.3 Å². The number of hydrogen-bond donors (Lipinski definition) is 1. The van der Waals surface area contributed by atoms with Gasteiger partial charge in [-0.05, 0) is 24.3 Å². The molecule has 8 heteroatoms. The normalized spacial score (nSPS) is 10.6. The van der Waals surface area contributed by atoms with Crippen molar-refractivity contribution in [2.75, 3.05) is 5.32 Å². The Morgan fingerprint density at radius 1 is 1.13 bits per heavy atom. The molecular weight excluding hydrogens is 328 g/mol. The van der Waals surface area contributed by atoms with Crippen LogP contribution in [0.25, 0.3) is 11.5 Å². The topological polar surface area (TPSA) is 68.0 Å². The van der Waals surface area contributed by atoms with Crippen molar-refractivity contribution in [1.82, 2.24) is 10.2 Å². The number of aromatic nitrogens is 2. The molecule has 116 valence electrons. The fourth-order valence-electron chi connectivity index (χ4n) is 1.86. The van der Waals surface area contributed by atoms with E-state index < -0.39 is 17.5 Å². The molecule has 3 aromatic rings. The van der Waals surface area contributed by atoms with Crippen molar-refractivity contribution in [3.8, 4) is 11.5 Å². The van der Waals surface area contributed by atoms with E-state index in [-0.39, 0.29) is 17.5 Å². The fourth-order valence-corrected chi connectivity index (χ4v) is 2.07. The highest BCUT2D eigenvalue weighted by atomic mass is 35.5. The van der Waals surface area contributed by atoms with E-state index in [4.69, 9.17) is 16.0 Å². The van der Waals surface area contributed by atoms with Gasteiger partial charge in [-0.2, -0.15) is 0 Å². The molecule has 1 heterocycles. The van der Waals surface area contributed by atoms with Gasteiger partial charge in [0.25, 0.3) is 11.8 Å². The molecule has 23 heavy (non-hydrogen) atoms. The highest BCUT2D eigenvalue weighted by molar-refractivity contribution is 6.33. The van der Waals surface area contributed by atoms with Gasteiger partial charge in [0.2, 0.25) is 0 Å². The maximum atomic E-state index is 13.5. The van der Waals surface area contributed by atoms with Crippen molar-refractivity contribution in [3.63, 3.8) is 0 Å². The van der Waals surface area contributed by atoms with Crippen LogP contribution in [0.3, 0.4) is 0 Å². The highest BCUT2D eigenvalue weighted by Gasteiger charge is 2.17. The molecular formula is C15H8ClF2N3O2. The lowest BCUT2D eigenvalue weighted by atomic mass is 10.2. The molecule has 5 nitrogen and oxygen atoms in total. The summed E-state index contributed by atoms with van der Waals surface area (Å²) in [6.07, 6.45) is 0. The molecule has 3 rings (SSSR count). The Labute approximate surface area is 133 Å². The molecule has 0 saturated heterocycles. The summed E-state index contributed by atoms with van der Waals surface area (Å²) in [5.74, 6) is -2.51. The molecule has 0 unspecified atom stereocenters. The van der Waals surface area contributed by atoms with Crippen LogP contribution in [-0.4, -0.2) is 16.1 Å². The Kier molecular flexibility index (Phi) is 4.03. The van der Waals surface area contributed by atoms with Gasteiger partial charge in [-0.3, -0.25) is 10.1 Å². The summed E-state index contributed by atoms with van der Waals surface area (Å²) >= 11 is 6.01. The maximum Gasteiger partial charge on any atom is 0.322 e. The quantitative estimate of drug-likeness (QED) is 0.787. The third-order valence-electron chi connectivity index (χ3n) is 2.93. The molecule has 0 aliphatic heterocycles. The van der Waals surface area contributed by atoms with Gasteiger partial charge in [-0.15, -0.1) is 5.10 Å². The zero-order valence-corrected chi connectivity index (χ0v) is 12.1. The van der Waals surface area contributed by atoms with Crippen LogP contribution in [0.4, 0.5) is 14.8 Å². The van der Waals surface area contributed by atoms with E-state index in [1.165, 1.54) is 0 Å². The maximum absolute atomic E-state index is 13.5. The SMILES string of the molecule is O=C(Nc1nnc(-c2ccccc2Cl)o1)c1ccc(F)cc1F. The second-order valence-corrected chi connectivity index (χ2v) is 4.88. The third-order valence-corrected chi connectivity index (χ3v) is 3.26. The van der Waals surface area contributed by atoms with Crippen molar-refractivity contribution in [2.45, 2.75) is 0 Å². The average Bonchev–Trinajstić information content (AvgIpc) is 2.95. The first-order valence-corrected chi connectivity index (χ1v) is 6.77. The van der Waals surface area contributed by atoms with Gasteiger partial charge in [0, 0.05) is 6.07 Å². The van der Waals surface area contributed by atoms with Gasteiger partial charge in [0.15, 0.2) is 0 Å². The van der Waals surface area contributed by atoms with Crippen molar-refractivity contribution in [3.05, 3.63) is 64.7 Å². The van der Waals surface area contributed by atoms with Crippen LogP contribution in [-0.2, 0) is 0 Å². The number of rotatable bonds is 3. The molecule has 0 bridgehead atoms. The van der Waals surface area contributed by atoms with Crippen molar-refractivity contribution >= 4 is 23.5 Å². The molecule has 0 aliphatic rings. The van der Waals surface area contributed by atoms with Gasteiger partial charge in [0.1, 0.15) is 11.6 Å². The lowest BCUT2D eigenvalue weighted by Gasteiger charge is -2.02. The number of nitrogens with one attached hydrogen (secondary N) is 1. The average molecular weight is 336 g/mol. The fraction of sp³-hybridized carbons (Fsp3) is 0. The van der Waals surface area contributed by atoms with Crippen LogP contribution >= 0.6 is 11.6 Å². The first kappa shape index (κ1) is 15.1. The first-order valence-electron chi connectivity index (χ1n) is 6.39. The summed E-state index contributed by atoms with van der Waals surface area (Å²) in [6, 6.07) is 9.16. The number of nitrogens with zero attached hydrogens (tertiary/aromatic N) is 2. The molecule has 1 N–H and O–H groups in total. The summed E-state index contributed by atoms with van der Waals surface area (Å²) in [4.78, 5) is 11.9. The molecule has 2 aromatic carbocycles. The zero-order valence-electron chi connectivity index (χ0n) is 11.4. The number of carbonyl (C=O) groups is 1. The summed E-state index contributed by atoms with van der Waals surface area (Å²) in [6.45, 7) is 0. The van der Waals surface area contributed by atoms with E-state index in [9.17, 15) is 13.6 Å². The first-order chi connectivity index (χ1) is 11.0. The third kappa shape index (κ3) is 3.19. The number of carbonyl (C=O) groups excluding carboxylic acids is 1. The van der Waals surface area contributed by atoms with E-state index in [1.807, 2.05) is 0 Å². The molecule has 0 fully saturated rings. The Balaban J connectivity index is 1.82. The van der Waals surface area contributed by atoms with E-state index in [0.717, 1.165) is 12.1 Å². The lowest BCUT2D eigenvalue weighted by molar-refractivity contribution is 0.102. The van der Waals surface area contributed by atoms with E-state index in [0.29, 0.717) is 16.7 Å². The summed E-state index contributed by atoms with van der Waals surface area (Å²) in [7, 11) is 0. The molecule has 0 saturated carbocycles. The minimum absolute atomic E-state index is 0.102. The minimum atomic E-state index is -0.992. The Hall–Kier alpha value is -2.80. The van der Waals surface area contributed by atoms with Crippen LogP contribution in [0.1, 0.15) is 10.4 Å². The number of anilines is 1. The predicted molar refractivity (Wildman–Crippen MR) is 79.1 cm³/mol. The monoisotopic (exact) mass is 335 g/mol. The van der Waals surface area contributed by atoms with Crippen LogP contribution < -0.4 is 5.32 Å². The lowest BCUT2D eigenvalue weighted by Crippen LogP contribution is -2.14. The standard InChI is InChI=1S/C15H8ClF2N3O2/c16-11-4-2-1-3-9(11)14-20-21-15(23-14)19-13(22)10-6-5-8(17)7-12(10)18/h1-7H,(H,19,21,22). The molecule has 0 spiro atoms. The second kappa shape index (κ2) is 6.13. The summed E-state index contributed by atoms with van der Waals surface area (Å²) in [5, 5.41) is 10.0. The molecule has 0 atom stereocenters. The van der Waals surface area contributed by atoms with Crippen LogP contribution in [0.5, 0.6) is 0 Å². The van der Waals surface area contributed by atoms with Gasteiger partial charge in [-0.1, -0.05) is 28.8 Å². The number of amides is 1. The van der Waals surface area contributed by atoms with Crippen LogP contribution in [0.2, 0.25) is 5.02 Å². The largest absolute Gasteiger partial charge is 0.403 e. The molecule has 0 radical (unpaired) electrons. The molecule has 1 aromatic heterocycles. The predicted octanol–water partition coefficient (Wildman–Crippen LogP) is 3.92. The number of hydrogen-bond acceptors (Lipinski definition) is 4. The summed E-state index contributed by atoms with van der Waals surface area (Å²) < 4.78 is 31.7. The van der Waals surface area contributed by atoms with Crippen LogP contribution in [0, 0.1) is 11.6 Å². The van der Waals surface area contributed by atoms with Gasteiger partial charge in [-0.25, -0.2) is 8.78 Å². The molecule has 1 amide bonds. The smallest absolute Gasteiger partial charge is 0.322 e. The minimum Gasteiger partial charge on any atom is -0.403 e. The second-order valence-electron chi connectivity index (χ2n) is 4.47. The Morgan fingerprint density at radius 3 is 2.65 bits per heavy atom. The Morgan fingerprint density at radius 2 is 1.91 bits per heavy atom. The van der Waals surface area contributed by atoms with Crippen molar-refractivity contribution in [2.24, 2.45) is 0 Å². The molecule has 0 aliphatic carbocycles. The van der Waals surface area contributed by atoms with Crippen molar-refractivity contribution in [1.29, 1.82) is 0 Å². The van der Waals surface area contributed by atoms with Gasteiger partial charge < -0.3 is 4.42 Å². The van der Waals surface area contributed by atoms with E-state index >= 15 is 0 Å². The van der Waals surface area contributed by atoms with Crippen LogP contribution in [0.15, 0.2) is 46.9 Å². The summed E-state index contributed by atoms with van der Waals surface area (Å²) in [5.41, 5.74) is 0.152. The zero-order chi connectivity index (χ0) is 16.4. The van der Waals surface area contributed by atoms with Gasteiger partial charge >= 0.3 is 6.01 Å². The number of halogens is 3. The van der Waals surface area contributed by atoms with Gasteiger partial charge in [0.05, 0.1) is 16.1 Å². The van der Waals surface area contributed by atoms with E-state index in [2.05, 4.69) is 15.5 Å².